The fraction of sp³-hybridized carbons (Fsp3) is 0.111. The molecule has 0 aliphatic carbocycles. The van der Waals surface area contributed by atoms with Gasteiger partial charge in [0.15, 0.2) is 0 Å². The van der Waals surface area contributed by atoms with E-state index in [1.807, 2.05) is 0 Å². The molecule has 1 aromatic carbocycles. The van der Waals surface area contributed by atoms with E-state index in [4.69, 9.17) is 34.8 Å². The largest absolute Gasteiger partial charge is 0.463 e. The van der Waals surface area contributed by atoms with Gasteiger partial charge in [0.2, 0.25) is 0 Å². The topological polar surface area (TPSA) is 43.4 Å². The third kappa shape index (κ3) is 2.62. The molecule has 0 heterocycles. The summed E-state index contributed by atoms with van der Waals surface area (Å²) in [5.41, 5.74) is -0.0685. The minimum atomic E-state index is -1.02. The number of hydrogen-bond donors (Lipinski definition) is 0. The Bertz CT molecular complexity index is 429. The summed E-state index contributed by atoms with van der Waals surface area (Å²) in [6, 6.07) is 2.63. The maximum atomic E-state index is 11.4. The average molecular weight is 267 g/mol. The standard InChI is InChI=1S/C9H5Cl3O3/c1-15-9(14)8(13)5-2-4(10)3-6(11)7(5)12/h2-3H,1H3. The van der Waals surface area contributed by atoms with Crippen molar-refractivity contribution in [1.82, 2.24) is 0 Å². The normalized spacial score (nSPS) is 9.87. The predicted octanol–water partition coefficient (Wildman–Crippen LogP) is 3.00. The van der Waals surface area contributed by atoms with Crippen LogP contribution in [0.1, 0.15) is 10.4 Å². The van der Waals surface area contributed by atoms with Crippen molar-refractivity contribution in [2.45, 2.75) is 0 Å². The summed E-state index contributed by atoms with van der Waals surface area (Å²) in [5, 5.41) is 0.310. The maximum Gasteiger partial charge on any atom is 0.379 e. The van der Waals surface area contributed by atoms with Crippen molar-refractivity contribution in [2.75, 3.05) is 7.11 Å². The third-order valence-corrected chi connectivity index (χ3v) is 2.63. The Morgan fingerprint density at radius 2 is 1.80 bits per heavy atom. The summed E-state index contributed by atoms with van der Waals surface area (Å²) in [4.78, 5) is 22.4. The molecule has 0 N–H and O–H groups in total. The molecule has 1 rings (SSSR count). The fourth-order valence-electron chi connectivity index (χ4n) is 0.924. The highest BCUT2D eigenvalue weighted by Gasteiger charge is 2.21. The quantitative estimate of drug-likeness (QED) is 0.358. The Balaban J connectivity index is 3.25. The fourth-order valence-corrected chi connectivity index (χ4v) is 1.61. The van der Waals surface area contributed by atoms with Gasteiger partial charge >= 0.3 is 5.97 Å². The van der Waals surface area contributed by atoms with Crippen LogP contribution in [0.3, 0.4) is 0 Å². The van der Waals surface area contributed by atoms with Crippen molar-refractivity contribution in [1.29, 1.82) is 0 Å². The van der Waals surface area contributed by atoms with Crippen LogP contribution < -0.4 is 0 Å². The Kier molecular flexibility index (Phi) is 3.97. The molecule has 0 aliphatic heterocycles. The number of ketones is 1. The van der Waals surface area contributed by atoms with Crippen LogP contribution in [0.2, 0.25) is 15.1 Å². The first-order valence-electron chi connectivity index (χ1n) is 3.74. The zero-order valence-electron chi connectivity index (χ0n) is 7.51. The first-order valence-corrected chi connectivity index (χ1v) is 4.88. The summed E-state index contributed by atoms with van der Waals surface area (Å²) < 4.78 is 4.27. The summed E-state index contributed by atoms with van der Waals surface area (Å²) >= 11 is 17.1. The zero-order chi connectivity index (χ0) is 11.6. The second-order valence-corrected chi connectivity index (χ2v) is 3.79. The Labute approximate surface area is 101 Å². The molecule has 0 bridgehead atoms. The van der Waals surface area contributed by atoms with E-state index in [1.54, 1.807) is 0 Å². The number of methoxy groups -OCH3 is 1. The lowest BCUT2D eigenvalue weighted by Gasteiger charge is -2.04. The van der Waals surface area contributed by atoms with Crippen LogP contribution in [0.4, 0.5) is 0 Å². The predicted molar refractivity (Wildman–Crippen MR) is 57.8 cm³/mol. The average Bonchev–Trinajstić information content (AvgIpc) is 2.21. The number of Topliss-reactive ketones (excluding diaryl/α,β-unsaturated/α-hetero) is 1. The van der Waals surface area contributed by atoms with Crippen LogP contribution in [-0.4, -0.2) is 18.9 Å². The molecule has 3 nitrogen and oxygen atoms in total. The number of rotatable bonds is 2. The molecular formula is C9H5Cl3O3. The molecule has 1 aromatic rings. The molecule has 0 radical (unpaired) electrons. The number of carbonyl (C=O) groups excluding carboxylic acids is 2. The molecule has 6 heteroatoms. The first kappa shape index (κ1) is 12.3. The van der Waals surface area contributed by atoms with Crippen molar-refractivity contribution in [3.05, 3.63) is 32.8 Å². The van der Waals surface area contributed by atoms with Gasteiger partial charge in [0.25, 0.3) is 5.78 Å². The smallest absolute Gasteiger partial charge is 0.379 e. The van der Waals surface area contributed by atoms with E-state index < -0.39 is 11.8 Å². The van der Waals surface area contributed by atoms with E-state index >= 15 is 0 Å². The summed E-state index contributed by atoms with van der Waals surface area (Å²) in [7, 11) is 1.10. The second kappa shape index (κ2) is 4.84. The third-order valence-electron chi connectivity index (χ3n) is 1.61. The number of ether oxygens (including phenoxy) is 1. The maximum absolute atomic E-state index is 11.4. The SMILES string of the molecule is COC(=O)C(=O)c1cc(Cl)cc(Cl)c1Cl. The molecule has 0 aromatic heterocycles. The minimum absolute atomic E-state index is 0.0172. The van der Waals surface area contributed by atoms with E-state index in [1.165, 1.54) is 12.1 Å². The van der Waals surface area contributed by atoms with Crippen LogP contribution in [0.15, 0.2) is 12.1 Å². The Hall–Kier alpha value is -0.770. The van der Waals surface area contributed by atoms with Crippen LogP contribution in [0, 0.1) is 0 Å². The summed E-state index contributed by atoms with van der Waals surface area (Å²) in [6.07, 6.45) is 0. The Morgan fingerprint density at radius 3 is 2.33 bits per heavy atom. The number of hydrogen-bond acceptors (Lipinski definition) is 3. The van der Waals surface area contributed by atoms with Crippen LogP contribution >= 0.6 is 34.8 Å². The van der Waals surface area contributed by atoms with Gasteiger partial charge < -0.3 is 4.74 Å². The van der Waals surface area contributed by atoms with Gasteiger partial charge in [-0.05, 0) is 12.1 Å². The van der Waals surface area contributed by atoms with Gasteiger partial charge in [-0.25, -0.2) is 4.79 Å². The van der Waals surface area contributed by atoms with E-state index in [2.05, 4.69) is 4.74 Å². The van der Waals surface area contributed by atoms with Crippen molar-refractivity contribution < 1.29 is 14.3 Å². The number of carbonyl (C=O) groups is 2. The number of halogens is 3. The summed E-state index contributed by atoms with van der Waals surface area (Å²) in [6.45, 7) is 0. The molecular weight excluding hydrogens is 262 g/mol. The minimum Gasteiger partial charge on any atom is -0.463 e. The lowest BCUT2D eigenvalue weighted by molar-refractivity contribution is -0.135. The van der Waals surface area contributed by atoms with Gasteiger partial charge in [-0.1, -0.05) is 34.8 Å². The molecule has 0 unspecified atom stereocenters. The second-order valence-electron chi connectivity index (χ2n) is 2.57. The molecule has 0 spiro atoms. The van der Waals surface area contributed by atoms with Gasteiger partial charge in [0.1, 0.15) is 0 Å². The summed E-state index contributed by atoms with van der Waals surface area (Å²) in [5.74, 6) is -1.90. The molecule has 0 atom stereocenters. The first-order chi connectivity index (χ1) is 6.97. The van der Waals surface area contributed by atoms with Gasteiger partial charge in [0, 0.05) is 5.02 Å². The lowest BCUT2D eigenvalue weighted by Crippen LogP contribution is -2.16. The molecule has 0 saturated carbocycles. The van der Waals surface area contributed by atoms with Crippen LogP contribution in [0.5, 0.6) is 0 Å². The molecule has 15 heavy (non-hydrogen) atoms. The van der Waals surface area contributed by atoms with Crippen LogP contribution in [-0.2, 0) is 9.53 Å². The highest BCUT2D eigenvalue weighted by Crippen LogP contribution is 2.30. The van der Waals surface area contributed by atoms with Crippen molar-refractivity contribution in [3.63, 3.8) is 0 Å². The zero-order valence-corrected chi connectivity index (χ0v) is 9.78. The highest BCUT2D eigenvalue weighted by atomic mass is 35.5. The number of esters is 1. The molecule has 0 saturated heterocycles. The van der Waals surface area contributed by atoms with Crippen molar-refractivity contribution in [3.8, 4) is 0 Å². The van der Waals surface area contributed by atoms with Crippen LogP contribution in [0.25, 0.3) is 0 Å². The highest BCUT2D eigenvalue weighted by molar-refractivity contribution is 6.50. The van der Waals surface area contributed by atoms with Gasteiger partial charge in [-0.2, -0.15) is 0 Å². The Morgan fingerprint density at radius 1 is 1.20 bits per heavy atom. The van der Waals surface area contributed by atoms with Gasteiger partial charge in [-0.15, -0.1) is 0 Å². The van der Waals surface area contributed by atoms with Gasteiger partial charge in [-0.3, -0.25) is 4.79 Å². The van der Waals surface area contributed by atoms with E-state index in [9.17, 15) is 9.59 Å². The van der Waals surface area contributed by atoms with E-state index in [0.717, 1.165) is 7.11 Å². The molecule has 80 valence electrons. The molecule has 0 fully saturated rings. The van der Waals surface area contributed by atoms with E-state index in [-0.39, 0.29) is 20.6 Å². The lowest BCUT2D eigenvalue weighted by atomic mass is 10.1. The monoisotopic (exact) mass is 266 g/mol. The van der Waals surface area contributed by atoms with Crippen molar-refractivity contribution in [2.24, 2.45) is 0 Å². The number of benzene rings is 1. The van der Waals surface area contributed by atoms with Gasteiger partial charge in [0.05, 0.1) is 22.7 Å². The van der Waals surface area contributed by atoms with Crippen molar-refractivity contribution >= 4 is 46.6 Å². The van der Waals surface area contributed by atoms with E-state index in [0.29, 0.717) is 0 Å². The molecule has 0 amide bonds. The molecule has 0 aliphatic rings.